The Kier molecular flexibility index (Phi) is 3.84. The summed E-state index contributed by atoms with van der Waals surface area (Å²) in [6, 6.07) is 2.72. The molecular formula is C13H19N3O3S. The lowest BCUT2D eigenvalue weighted by Gasteiger charge is -2.46. The second-order valence-electron chi connectivity index (χ2n) is 6.02. The Hall–Kier alpha value is -1.47. The smallest absolute Gasteiger partial charge is 0.324 e. The molecule has 0 aromatic carbocycles. The van der Waals surface area contributed by atoms with E-state index in [1.54, 1.807) is 11.0 Å². The van der Waals surface area contributed by atoms with E-state index in [1.165, 1.54) is 6.07 Å². The van der Waals surface area contributed by atoms with Crippen molar-refractivity contribution >= 4 is 22.2 Å². The molecule has 1 aromatic heterocycles. The van der Waals surface area contributed by atoms with Gasteiger partial charge in [-0.25, -0.2) is 0 Å². The molecule has 1 fully saturated rings. The molecule has 2 atom stereocenters. The molecule has 1 saturated heterocycles. The van der Waals surface area contributed by atoms with E-state index in [1.807, 2.05) is 20.8 Å². The number of hydrogen-bond acceptors (Lipinski definition) is 5. The fraction of sp³-hybridized carbons (Fsp3) is 0.615. The van der Waals surface area contributed by atoms with E-state index in [2.05, 4.69) is 0 Å². The van der Waals surface area contributed by atoms with Gasteiger partial charge in [0.15, 0.2) is 0 Å². The van der Waals surface area contributed by atoms with E-state index in [4.69, 9.17) is 5.73 Å². The van der Waals surface area contributed by atoms with Crippen LogP contribution in [0, 0.1) is 10.1 Å². The first-order chi connectivity index (χ1) is 9.21. The minimum atomic E-state index is -0.411. The highest BCUT2D eigenvalue weighted by molar-refractivity contribution is 7.15. The van der Waals surface area contributed by atoms with Gasteiger partial charge in [-0.3, -0.25) is 14.9 Å². The van der Waals surface area contributed by atoms with Crippen LogP contribution < -0.4 is 5.73 Å². The van der Waals surface area contributed by atoms with E-state index in [-0.39, 0.29) is 28.5 Å². The monoisotopic (exact) mass is 297 g/mol. The van der Waals surface area contributed by atoms with Crippen LogP contribution in [0.1, 0.15) is 44.5 Å². The summed E-state index contributed by atoms with van der Waals surface area (Å²) in [5, 5.41) is 10.9. The Balaban J connectivity index is 2.42. The van der Waals surface area contributed by atoms with Gasteiger partial charge in [0.05, 0.1) is 11.0 Å². The fourth-order valence-electron chi connectivity index (χ4n) is 2.64. The van der Waals surface area contributed by atoms with Gasteiger partial charge in [-0.2, -0.15) is 0 Å². The predicted molar refractivity (Wildman–Crippen MR) is 77.5 cm³/mol. The number of rotatable bonds is 2. The number of nitrogens with zero attached hydrogens (tertiary/aromatic N) is 2. The van der Waals surface area contributed by atoms with Crippen LogP contribution in [0.4, 0.5) is 5.00 Å². The third kappa shape index (κ3) is 2.69. The highest BCUT2D eigenvalue weighted by Gasteiger charge is 2.41. The number of amides is 1. The van der Waals surface area contributed by atoms with Gasteiger partial charge in [0.2, 0.25) is 5.91 Å². The summed E-state index contributed by atoms with van der Waals surface area (Å²) in [6.45, 7) is 5.87. The molecule has 20 heavy (non-hydrogen) atoms. The highest BCUT2D eigenvalue weighted by Crippen LogP contribution is 2.40. The van der Waals surface area contributed by atoms with Gasteiger partial charge < -0.3 is 10.6 Å². The molecule has 7 heteroatoms. The molecule has 6 nitrogen and oxygen atoms in total. The van der Waals surface area contributed by atoms with E-state index in [0.29, 0.717) is 12.8 Å². The van der Waals surface area contributed by atoms with Crippen LogP contribution in [0.3, 0.4) is 0 Å². The van der Waals surface area contributed by atoms with Crippen molar-refractivity contribution in [3.63, 3.8) is 0 Å². The van der Waals surface area contributed by atoms with Crippen LogP contribution in [-0.4, -0.2) is 27.3 Å². The maximum Gasteiger partial charge on any atom is 0.324 e. The third-order valence-electron chi connectivity index (χ3n) is 3.45. The van der Waals surface area contributed by atoms with Gasteiger partial charge in [-0.1, -0.05) is 11.3 Å². The van der Waals surface area contributed by atoms with E-state index in [0.717, 1.165) is 16.2 Å². The summed E-state index contributed by atoms with van der Waals surface area (Å²) < 4.78 is 0. The molecule has 1 aliphatic rings. The summed E-state index contributed by atoms with van der Waals surface area (Å²) in [4.78, 5) is 25.2. The molecule has 0 bridgehead atoms. The number of carbonyl (C=O) groups is 1. The van der Waals surface area contributed by atoms with Crippen molar-refractivity contribution in [2.75, 3.05) is 0 Å². The maximum atomic E-state index is 12.3. The molecule has 2 heterocycles. The van der Waals surface area contributed by atoms with Gasteiger partial charge in [-0.15, -0.1) is 0 Å². The molecule has 2 N–H and O–H groups in total. The van der Waals surface area contributed by atoms with Crippen molar-refractivity contribution < 1.29 is 9.72 Å². The molecule has 0 aliphatic carbocycles. The molecule has 0 radical (unpaired) electrons. The Labute approximate surface area is 121 Å². The summed E-state index contributed by atoms with van der Waals surface area (Å²) in [5.74, 6) is 0.0558. The Morgan fingerprint density at radius 1 is 1.45 bits per heavy atom. The Morgan fingerprint density at radius 3 is 2.60 bits per heavy atom. The standard InChI is InChI=1S/C13H19N3O3S/c1-13(2,3)15-10(17)6-4-8(14)12(15)9-5-7-11(20-9)16(18)19/h5,7-8,12H,4,6,14H2,1-3H3. The van der Waals surface area contributed by atoms with Crippen LogP contribution in [0.2, 0.25) is 0 Å². The van der Waals surface area contributed by atoms with Crippen molar-refractivity contribution in [3.05, 3.63) is 27.1 Å². The van der Waals surface area contributed by atoms with Crippen molar-refractivity contribution in [1.29, 1.82) is 0 Å². The van der Waals surface area contributed by atoms with E-state index in [9.17, 15) is 14.9 Å². The lowest BCUT2D eigenvalue weighted by atomic mass is 9.90. The molecule has 1 amide bonds. The molecule has 0 spiro atoms. The van der Waals surface area contributed by atoms with E-state index < -0.39 is 4.92 Å². The quantitative estimate of drug-likeness (QED) is 0.670. The molecule has 2 rings (SSSR count). The first kappa shape index (κ1) is 14.9. The molecule has 1 aliphatic heterocycles. The zero-order chi connectivity index (χ0) is 15.1. The van der Waals surface area contributed by atoms with Gasteiger partial charge >= 0.3 is 5.00 Å². The number of hydrogen-bond donors (Lipinski definition) is 1. The van der Waals surface area contributed by atoms with Crippen LogP contribution in [0.25, 0.3) is 0 Å². The molecule has 110 valence electrons. The number of nitrogens with two attached hydrogens (primary N) is 1. The number of piperidine rings is 1. The number of carbonyl (C=O) groups excluding carboxylic acids is 1. The Bertz CT molecular complexity index is 535. The van der Waals surface area contributed by atoms with Crippen LogP contribution in [0.5, 0.6) is 0 Å². The van der Waals surface area contributed by atoms with Crippen LogP contribution in [-0.2, 0) is 4.79 Å². The van der Waals surface area contributed by atoms with Gasteiger partial charge in [-0.05, 0) is 33.3 Å². The number of nitro groups is 1. The summed E-state index contributed by atoms with van der Waals surface area (Å²) in [7, 11) is 0. The molecule has 2 unspecified atom stereocenters. The van der Waals surface area contributed by atoms with Gasteiger partial charge in [0.25, 0.3) is 0 Å². The zero-order valence-electron chi connectivity index (χ0n) is 11.8. The van der Waals surface area contributed by atoms with Crippen molar-refractivity contribution in [2.24, 2.45) is 5.73 Å². The number of thiophene rings is 1. The van der Waals surface area contributed by atoms with Crippen molar-refractivity contribution in [1.82, 2.24) is 4.90 Å². The first-order valence-electron chi connectivity index (χ1n) is 6.53. The van der Waals surface area contributed by atoms with Gasteiger partial charge in [0.1, 0.15) is 0 Å². The lowest BCUT2D eigenvalue weighted by Crippen LogP contribution is -2.55. The van der Waals surface area contributed by atoms with Gasteiger partial charge in [0, 0.05) is 28.9 Å². The number of likely N-dealkylation sites (tertiary alicyclic amines) is 1. The highest BCUT2D eigenvalue weighted by atomic mass is 32.1. The molecular weight excluding hydrogens is 278 g/mol. The van der Waals surface area contributed by atoms with E-state index >= 15 is 0 Å². The predicted octanol–water partition coefficient (Wildman–Crippen LogP) is 2.45. The summed E-state index contributed by atoms with van der Waals surface area (Å²) in [5.41, 5.74) is 5.83. The maximum absolute atomic E-state index is 12.3. The zero-order valence-corrected chi connectivity index (χ0v) is 12.6. The van der Waals surface area contributed by atoms with Crippen molar-refractivity contribution in [2.45, 2.75) is 51.2 Å². The molecule has 1 aromatic rings. The second-order valence-corrected chi connectivity index (χ2v) is 7.11. The van der Waals surface area contributed by atoms with Crippen LogP contribution >= 0.6 is 11.3 Å². The minimum absolute atomic E-state index is 0.0558. The first-order valence-corrected chi connectivity index (χ1v) is 7.35. The summed E-state index contributed by atoms with van der Waals surface area (Å²) in [6.07, 6.45) is 1.05. The second kappa shape index (κ2) is 5.14. The average molecular weight is 297 g/mol. The fourth-order valence-corrected chi connectivity index (χ4v) is 3.63. The Morgan fingerprint density at radius 2 is 2.10 bits per heavy atom. The van der Waals surface area contributed by atoms with Crippen molar-refractivity contribution in [3.8, 4) is 0 Å². The largest absolute Gasteiger partial charge is 0.328 e. The normalized spacial score (nSPS) is 24.0. The third-order valence-corrected chi connectivity index (χ3v) is 4.56. The topological polar surface area (TPSA) is 89.5 Å². The molecule has 0 saturated carbocycles. The average Bonchev–Trinajstić information content (AvgIpc) is 2.79. The lowest BCUT2D eigenvalue weighted by molar-refractivity contribution is -0.380. The SMILES string of the molecule is CC(C)(C)N1C(=O)CCC(N)C1c1ccc([N+](=O)[O-])s1. The summed E-state index contributed by atoms with van der Waals surface area (Å²) >= 11 is 1.10. The minimum Gasteiger partial charge on any atom is -0.328 e. The van der Waals surface area contributed by atoms with Crippen LogP contribution in [0.15, 0.2) is 12.1 Å².